The van der Waals surface area contributed by atoms with Crippen LogP contribution in [0.1, 0.15) is 44.5 Å². The lowest BCUT2D eigenvalue weighted by Crippen LogP contribution is -2.34. The second kappa shape index (κ2) is 11.6. The number of benzene rings is 1. The Kier molecular flexibility index (Phi) is 7.66. The number of ether oxygens (including phenoxy) is 2. The average Bonchev–Trinajstić information content (AvgIpc) is 3.73. The van der Waals surface area contributed by atoms with Crippen LogP contribution < -0.4 is 15.4 Å². The Labute approximate surface area is 276 Å². The molecule has 0 aliphatic carbocycles. The molecule has 5 aromatic rings. The summed E-state index contributed by atoms with van der Waals surface area (Å²) in [6, 6.07) is 10.1. The molecule has 12 heteroatoms. The molecule has 1 amide bonds. The third-order valence-electron chi connectivity index (χ3n) is 9.47. The molecule has 250 valence electrons. The highest BCUT2D eigenvalue weighted by molar-refractivity contribution is 6.18. The van der Waals surface area contributed by atoms with E-state index in [9.17, 15) is 14.4 Å². The number of esters is 1. The van der Waals surface area contributed by atoms with Crippen LogP contribution >= 0.6 is 0 Å². The van der Waals surface area contributed by atoms with Gasteiger partial charge in [0.05, 0.1) is 28.9 Å². The van der Waals surface area contributed by atoms with E-state index in [0.29, 0.717) is 45.3 Å². The number of pyridine rings is 3. The number of hydrogen-bond donors (Lipinski definition) is 1. The number of aromatic nitrogens is 3. The number of rotatable bonds is 5. The van der Waals surface area contributed by atoms with Crippen molar-refractivity contribution in [3.8, 4) is 11.1 Å². The summed E-state index contributed by atoms with van der Waals surface area (Å²) in [4.78, 5) is 53.4. The molecule has 7 rings (SSSR count). The number of amides is 1. The number of carbonyl (C=O) groups is 2. The van der Waals surface area contributed by atoms with E-state index < -0.39 is 29.0 Å². The summed E-state index contributed by atoms with van der Waals surface area (Å²) < 4.78 is 27.7. The van der Waals surface area contributed by atoms with Gasteiger partial charge in [-0.3, -0.25) is 14.1 Å². The number of H-pyrrole nitrogens is 1. The lowest BCUT2D eigenvalue weighted by atomic mass is 10.0. The van der Waals surface area contributed by atoms with E-state index in [1.54, 1.807) is 53.2 Å². The number of halogens is 1. The number of carbonyl (C=O) groups excluding carboxylic acids is 2. The Bertz CT molecular complexity index is 2170. The van der Waals surface area contributed by atoms with Gasteiger partial charge in [-0.15, -0.1) is 0 Å². The van der Waals surface area contributed by atoms with Gasteiger partial charge in [-0.2, -0.15) is 0 Å². The fourth-order valence-corrected chi connectivity index (χ4v) is 7.20. The lowest BCUT2D eigenvalue weighted by Gasteiger charge is -2.26. The van der Waals surface area contributed by atoms with Crippen LogP contribution in [0, 0.1) is 11.7 Å². The van der Waals surface area contributed by atoms with Crippen molar-refractivity contribution in [3.63, 3.8) is 0 Å². The van der Waals surface area contributed by atoms with E-state index in [1.165, 1.54) is 27.5 Å². The smallest absolute Gasteiger partial charge is 0.414 e. The summed E-state index contributed by atoms with van der Waals surface area (Å²) >= 11 is 0. The fourth-order valence-electron chi connectivity index (χ4n) is 7.20. The normalized spacial score (nSPS) is 18.2. The molecule has 48 heavy (non-hydrogen) atoms. The van der Waals surface area contributed by atoms with Gasteiger partial charge in [0.25, 0.3) is 5.56 Å². The molecule has 2 fully saturated rings. The zero-order chi connectivity index (χ0) is 34.1. The maximum Gasteiger partial charge on any atom is 0.414 e. The molecule has 2 aliphatic heterocycles. The maximum atomic E-state index is 15.5. The minimum Gasteiger partial charge on any atom is -0.462 e. The van der Waals surface area contributed by atoms with Gasteiger partial charge in [0.2, 0.25) is 0 Å². The van der Waals surface area contributed by atoms with E-state index >= 15 is 4.39 Å². The molecule has 11 nitrogen and oxygen atoms in total. The minimum absolute atomic E-state index is 0.0514. The summed E-state index contributed by atoms with van der Waals surface area (Å²) in [5.74, 6) is -0.716. The molecule has 0 radical (unpaired) electrons. The number of aromatic amines is 1. The molecule has 4 aromatic heterocycles. The summed E-state index contributed by atoms with van der Waals surface area (Å²) in [6.45, 7) is 9.79. The highest BCUT2D eigenvalue weighted by Crippen LogP contribution is 2.45. The predicted molar refractivity (Wildman–Crippen MR) is 184 cm³/mol. The van der Waals surface area contributed by atoms with Crippen LogP contribution in [0.5, 0.6) is 0 Å². The summed E-state index contributed by atoms with van der Waals surface area (Å²) in [5.41, 5.74) is 3.10. The standard InChI is InChI=1S/C36H39FN6O5/c1-7-47-34(45)24-11-10-23-9-8-20(18-43(23)33(24)44)26-16-38-32-29(31(26)42-17-21-12-13-40(5)28(21)19-42)25-14-22(37)15-27(30(25)39-32)41(6)35(46)48-36(2,3)4/h8-11,14-16,18,21,28H,7,12-13,17,19H2,1-6H3,(H,38,39)/t21-,28+/m0/s1. The first kappa shape index (κ1) is 31.6. The number of nitrogens with zero attached hydrogens (tertiary/aromatic N) is 5. The monoisotopic (exact) mass is 654 g/mol. The van der Waals surface area contributed by atoms with E-state index in [-0.39, 0.29) is 12.2 Å². The number of anilines is 2. The molecule has 2 atom stereocenters. The number of likely N-dealkylation sites (N-methyl/N-ethyl adjacent to an activating group) is 1. The minimum atomic E-state index is -0.734. The third kappa shape index (κ3) is 5.33. The van der Waals surface area contributed by atoms with Gasteiger partial charge in [-0.05, 0) is 84.0 Å². The zero-order valence-corrected chi connectivity index (χ0v) is 28.0. The Balaban J connectivity index is 1.45. The second-order valence-corrected chi connectivity index (χ2v) is 13.7. The van der Waals surface area contributed by atoms with E-state index in [2.05, 4.69) is 21.8 Å². The second-order valence-electron chi connectivity index (χ2n) is 13.7. The summed E-state index contributed by atoms with van der Waals surface area (Å²) in [7, 11) is 3.70. The van der Waals surface area contributed by atoms with Crippen molar-refractivity contribution in [1.82, 2.24) is 19.3 Å². The van der Waals surface area contributed by atoms with Crippen molar-refractivity contribution in [2.75, 3.05) is 50.1 Å². The highest BCUT2D eigenvalue weighted by atomic mass is 19.1. The highest BCUT2D eigenvalue weighted by Gasteiger charge is 2.41. The molecule has 0 spiro atoms. The zero-order valence-electron chi connectivity index (χ0n) is 28.0. The van der Waals surface area contributed by atoms with Gasteiger partial charge >= 0.3 is 12.1 Å². The number of likely N-dealkylation sites (tertiary alicyclic amines) is 1. The molecule has 2 saturated heterocycles. The van der Waals surface area contributed by atoms with Crippen molar-refractivity contribution in [2.45, 2.75) is 45.8 Å². The molecule has 0 bridgehead atoms. The van der Waals surface area contributed by atoms with Crippen molar-refractivity contribution in [3.05, 3.63) is 70.5 Å². The first-order valence-electron chi connectivity index (χ1n) is 16.2. The van der Waals surface area contributed by atoms with Gasteiger partial charge in [0.1, 0.15) is 22.6 Å². The largest absolute Gasteiger partial charge is 0.462 e. The van der Waals surface area contributed by atoms with Crippen LogP contribution in [0.3, 0.4) is 0 Å². The summed E-state index contributed by atoms with van der Waals surface area (Å²) in [6.07, 6.45) is 3.95. The van der Waals surface area contributed by atoms with Gasteiger partial charge in [-0.25, -0.2) is 19.0 Å². The van der Waals surface area contributed by atoms with Gasteiger partial charge in [0.15, 0.2) is 0 Å². The average molecular weight is 655 g/mol. The number of fused-ring (bicyclic) bond motifs is 5. The third-order valence-corrected chi connectivity index (χ3v) is 9.47. The Morgan fingerprint density at radius 3 is 2.65 bits per heavy atom. The van der Waals surface area contributed by atoms with Crippen LogP contribution in [0.2, 0.25) is 0 Å². The summed E-state index contributed by atoms with van der Waals surface area (Å²) in [5, 5.41) is 1.30. The topological polar surface area (TPSA) is 112 Å². The fraction of sp³-hybridized carbons (Fsp3) is 0.389. The quantitative estimate of drug-likeness (QED) is 0.236. The molecular formula is C36H39FN6O5. The molecule has 6 heterocycles. The predicted octanol–water partition coefficient (Wildman–Crippen LogP) is 5.82. The van der Waals surface area contributed by atoms with E-state index in [1.807, 2.05) is 12.1 Å². The van der Waals surface area contributed by atoms with E-state index in [4.69, 9.17) is 14.5 Å². The Hall–Kier alpha value is -4.97. The number of nitrogens with one attached hydrogen (secondary N) is 1. The first-order valence-corrected chi connectivity index (χ1v) is 16.2. The molecule has 1 N–H and O–H groups in total. The van der Waals surface area contributed by atoms with Crippen molar-refractivity contribution < 1.29 is 23.5 Å². The lowest BCUT2D eigenvalue weighted by molar-refractivity contribution is 0.0522. The SMILES string of the molecule is CCOC(=O)c1ccc2ccc(-c3cnc4[nH]c5c(N(C)C(=O)OC(C)(C)C)cc(F)cc5c4c3N3C[C@@H]4CCN(C)[C@@H]4C3)cn2c1=O. The van der Waals surface area contributed by atoms with Crippen LogP contribution in [0.25, 0.3) is 38.6 Å². The van der Waals surface area contributed by atoms with Crippen LogP contribution in [-0.2, 0) is 9.47 Å². The van der Waals surface area contributed by atoms with Gasteiger partial charge in [-0.1, -0.05) is 6.07 Å². The van der Waals surface area contributed by atoms with Crippen LogP contribution in [-0.4, -0.2) is 83.3 Å². The number of hydrogen-bond acceptors (Lipinski definition) is 8. The van der Waals surface area contributed by atoms with Gasteiger partial charge < -0.3 is 24.3 Å². The van der Waals surface area contributed by atoms with Crippen molar-refractivity contribution in [1.29, 1.82) is 0 Å². The van der Waals surface area contributed by atoms with Crippen LogP contribution in [0.4, 0.5) is 20.6 Å². The molecular weight excluding hydrogens is 615 g/mol. The molecule has 0 saturated carbocycles. The Morgan fingerprint density at radius 1 is 1.15 bits per heavy atom. The molecule has 2 aliphatic rings. The first-order chi connectivity index (χ1) is 22.8. The van der Waals surface area contributed by atoms with Crippen molar-refractivity contribution >= 4 is 50.9 Å². The molecule has 0 unspecified atom stereocenters. The van der Waals surface area contributed by atoms with E-state index in [0.717, 1.165) is 42.7 Å². The van der Waals surface area contributed by atoms with Crippen LogP contribution in [0.15, 0.2) is 53.6 Å². The van der Waals surface area contributed by atoms with Gasteiger partial charge in [0, 0.05) is 60.6 Å². The van der Waals surface area contributed by atoms with Crippen molar-refractivity contribution in [2.24, 2.45) is 5.92 Å². The maximum absolute atomic E-state index is 15.5. The Morgan fingerprint density at radius 2 is 1.92 bits per heavy atom. The molecule has 1 aromatic carbocycles.